The molecule has 3 aliphatic heterocycles. The summed E-state index contributed by atoms with van der Waals surface area (Å²) in [5, 5.41) is 88.5. The van der Waals surface area contributed by atoms with Gasteiger partial charge >= 0.3 is 5.97 Å². The van der Waals surface area contributed by atoms with Crippen molar-refractivity contribution in [2.24, 2.45) is 52.3 Å². The second-order valence-electron chi connectivity index (χ2n) is 27.5. The lowest BCUT2D eigenvalue weighted by atomic mass is 9.46. The molecular weight excluding hydrogens is 1050 g/mol. The molecule has 20 heteroatoms. The third kappa shape index (κ3) is 12.3. The van der Waals surface area contributed by atoms with Crippen molar-refractivity contribution in [3.05, 3.63) is 23.8 Å². The molecule has 3 heterocycles. The lowest BCUT2D eigenvalue weighted by Crippen LogP contribution is -2.65. The van der Waals surface area contributed by atoms with Gasteiger partial charge < -0.3 is 74.4 Å². The Kier molecular flexibility index (Phi) is 20.1. The van der Waals surface area contributed by atoms with Gasteiger partial charge in [-0.15, -0.1) is 0 Å². The summed E-state index contributed by atoms with van der Waals surface area (Å²) in [6, 6.07) is -1.16. The third-order valence-corrected chi connectivity index (χ3v) is 21.3. The molecule has 0 spiro atoms. The molecule has 7 aliphatic rings. The molecule has 4 unspecified atom stereocenters. The molecule has 0 aromatic carbocycles. The zero-order valence-corrected chi connectivity index (χ0v) is 51.2. The lowest BCUT2D eigenvalue weighted by molar-refractivity contribution is -0.318. The number of aliphatic hydroxyl groups is 7. The molecule has 0 bridgehead atoms. The second kappa shape index (κ2) is 24.7. The number of alkyl halides is 1. The number of hydrogen-bond acceptors (Lipinski definition) is 18. The number of esters is 1. The monoisotopic (exact) mass is 1150 g/mol. The third-order valence-electron chi connectivity index (χ3n) is 21.3. The molecular formula is C61H102FN3O16. The van der Waals surface area contributed by atoms with E-state index in [2.05, 4.69) is 5.32 Å². The zero-order valence-electron chi connectivity index (χ0n) is 51.2. The first-order chi connectivity index (χ1) is 37.5. The number of fused-ring (bicyclic) bond motifs is 5. The summed E-state index contributed by atoms with van der Waals surface area (Å²) < 4.78 is 54.4. The SMILES string of the molecule is CC[C@H]1OC(=O)[C@H](C)[C@@H](O[C@@H]2C[C@](C)(OC)[C@H](O)C(C)O2)[C@H](C)[C@@H](O[C@@H]2O[C@H](C)C[C@@H](N(C)C)[C@H]2O)[C@](C)(O)C[C@@H](C)CN(CCCNC(=O)[C@@]2(O)[C@H](C)CC3C4C[C@H](F)C5=CC(=O)C=C[C@]5(C)C4[C@@H](O)C[C@@]32C)[C@H](C)[C@@H](O)[C@]1(C)O. The fourth-order valence-electron chi connectivity index (χ4n) is 16.7. The number of amides is 1. The number of methoxy groups -OCH3 is 1. The smallest absolute Gasteiger partial charge is 0.311 e. The molecule has 1 amide bonds. The van der Waals surface area contributed by atoms with Crippen LogP contribution in [0.5, 0.6) is 0 Å². The van der Waals surface area contributed by atoms with Crippen LogP contribution < -0.4 is 5.32 Å². The highest BCUT2D eigenvalue weighted by Crippen LogP contribution is 2.68. The highest BCUT2D eigenvalue weighted by atomic mass is 19.1. The lowest BCUT2D eigenvalue weighted by Gasteiger charge is -2.60. The number of carbonyl (C=O) groups excluding carboxylic acids is 3. The molecule has 7 rings (SSSR count). The Hall–Kier alpha value is -2.54. The summed E-state index contributed by atoms with van der Waals surface area (Å²) in [5.41, 5.74) is -8.40. The van der Waals surface area contributed by atoms with Gasteiger partial charge in [0.05, 0.1) is 47.6 Å². The summed E-state index contributed by atoms with van der Waals surface area (Å²) in [6.45, 7) is 23.3. The Morgan fingerprint density at radius 1 is 0.901 bits per heavy atom. The quantitative estimate of drug-likeness (QED) is 0.101. The number of aliphatic hydroxyl groups excluding tert-OH is 4. The van der Waals surface area contributed by atoms with Gasteiger partial charge in [0.25, 0.3) is 5.91 Å². The van der Waals surface area contributed by atoms with Crippen LogP contribution in [0.3, 0.4) is 0 Å². The van der Waals surface area contributed by atoms with Crippen LogP contribution in [0, 0.1) is 52.3 Å². The van der Waals surface area contributed by atoms with Gasteiger partial charge in [0.15, 0.2) is 24.0 Å². The average Bonchev–Trinajstić information content (AvgIpc) is 3.69. The van der Waals surface area contributed by atoms with Crippen LogP contribution >= 0.6 is 0 Å². The summed E-state index contributed by atoms with van der Waals surface area (Å²) >= 11 is 0. The van der Waals surface area contributed by atoms with Crippen LogP contribution in [0.1, 0.15) is 141 Å². The van der Waals surface area contributed by atoms with Crippen molar-refractivity contribution in [3.8, 4) is 0 Å². The molecule has 19 nitrogen and oxygen atoms in total. The molecule has 81 heavy (non-hydrogen) atoms. The Morgan fingerprint density at radius 2 is 1.57 bits per heavy atom. The average molecular weight is 1150 g/mol. The van der Waals surface area contributed by atoms with Gasteiger partial charge in [-0.1, -0.05) is 47.6 Å². The van der Waals surface area contributed by atoms with Gasteiger partial charge in [-0.25, -0.2) is 4.39 Å². The fraction of sp³-hybridized carbons (Fsp3) is 0.885. The van der Waals surface area contributed by atoms with Gasteiger partial charge in [-0.05, 0) is 149 Å². The predicted octanol–water partition coefficient (Wildman–Crippen LogP) is 3.98. The van der Waals surface area contributed by atoms with E-state index in [0.29, 0.717) is 24.8 Å². The first-order valence-electron chi connectivity index (χ1n) is 30.1. The van der Waals surface area contributed by atoms with E-state index in [1.165, 1.54) is 26.2 Å². The second-order valence-corrected chi connectivity index (χ2v) is 27.5. The van der Waals surface area contributed by atoms with E-state index in [9.17, 15) is 50.1 Å². The van der Waals surface area contributed by atoms with Crippen LogP contribution in [0.15, 0.2) is 23.8 Å². The summed E-state index contributed by atoms with van der Waals surface area (Å²) in [4.78, 5) is 45.6. The fourth-order valence-corrected chi connectivity index (χ4v) is 16.7. The van der Waals surface area contributed by atoms with Gasteiger partial charge in [0.1, 0.15) is 36.2 Å². The number of rotatable bonds is 12. The van der Waals surface area contributed by atoms with Crippen LogP contribution in [-0.4, -0.2) is 212 Å². The van der Waals surface area contributed by atoms with Crippen LogP contribution in [0.25, 0.3) is 0 Å². The minimum atomic E-state index is -2.01. The van der Waals surface area contributed by atoms with Crippen molar-refractivity contribution < 1.29 is 82.9 Å². The topological polar surface area (TPSA) is 267 Å². The number of nitrogens with one attached hydrogen (secondary N) is 1. The molecule has 0 radical (unpaired) electrons. The standard InChI is InChI=1S/C61H102FN3O16/c1-17-45-60(13,74)50(69)36(7)65(22-18-21-63-55(72)61(75)32(3)23-40-39-26-42(62)41-25-38(66)19-20-56(41,9)47(39)44(67)28-57(40,61)10)30-31(2)27-58(11,73)52(81-54-48(68)43(64(14)15)24-33(4)77-54)34(5)49(35(6)53(71)79-45)80-46-29-59(12,76-16)51(70)37(8)78-46/h19-20,25,31-37,39-40,42-52,54,67-70,73-75H,17-18,21-24,26-30H2,1-16H3,(H,63,72)/t31-,32-,33-,34+,35-,36-,37?,39?,40?,42+,43-,44+,45-,46-,47?,48-,49+,50-,51-,52-,54+,56+,57+,58-,59+,60-,61+/m1/s1. The van der Waals surface area contributed by atoms with Gasteiger partial charge in [0, 0.05) is 67.9 Å². The van der Waals surface area contributed by atoms with Crippen LogP contribution in [0.2, 0.25) is 0 Å². The van der Waals surface area contributed by atoms with E-state index >= 15 is 4.39 Å². The highest BCUT2D eigenvalue weighted by Gasteiger charge is 2.71. The first kappa shape index (κ1) is 66.0. The summed E-state index contributed by atoms with van der Waals surface area (Å²) in [5.74, 6) is -5.64. The molecule has 27 atom stereocenters. The number of hydrogen-bond donors (Lipinski definition) is 8. The van der Waals surface area contributed by atoms with Crippen molar-refractivity contribution in [2.45, 2.75) is 250 Å². The number of cyclic esters (lactones) is 1. The maximum absolute atomic E-state index is 16.2. The number of nitrogens with zero attached hydrogens (tertiary/aromatic N) is 2. The van der Waals surface area contributed by atoms with Crippen LogP contribution in [-0.2, 0) is 42.8 Å². The molecule has 0 aromatic rings. The normalized spacial score (nSPS) is 50.3. The maximum atomic E-state index is 16.2. The number of carbonyl (C=O) groups is 3. The van der Waals surface area contributed by atoms with Crippen molar-refractivity contribution in [1.82, 2.24) is 15.1 Å². The van der Waals surface area contributed by atoms with Gasteiger partial charge in [-0.2, -0.15) is 0 Å². The number of halogens is 1. The van der Waals surface area contributed by atoms with E-state index in [1.54, 1.807) is 54.5 Å². The van der Waals surface area contributed by atoms with Crippen molar-refractivity contribution >= 4 is 17.7 Å². The molecule has 464 valence electrons. The van der Waals surface area contributed by atoms with Crippen molar-refractivity contribution in [1.29, 1.82) is 0 Å². The summed E-state index contributed by atoms with van der Waals surface area (Å²) in [6.07, 6.45) is -6.76. The van der Waals surface area contributed by atoms with E-state index in [-0.39, 0.29) is 87.4 Å². The molecule has 8 N–H and O–H groups in total. The maximum Gasteiger partial charge on any atom is 0.311 e. The Morgan fingerprint density at radius 3 is 2.20 bits per heavy atom. The minimum absolute atomic E-state index is 0.0656. The molecule has 4 aliphatic carbocycles. The van der Waals surface area contributed by atoms with Crippen molar-refractivity contribution in [2.75, 3.05) is 40.8 Å². The Bertz CT molecular complexity index is 2290. The zero-order chi connectivity index (χ0) is 60.4. The predicted molar refractivity (Wildman–Crippen MR) is 299 cm³/mol. The van der Waals surface area contributed by atoms with Gasteiger partial charge in [-0.3, -0.25) is 19.3 Å². The Labute approximate surface area is 480 Å². The summed E-state index contributed by atoms with van der Waals surface area (Å²) in [7, 11) is 5.21. The van der Waals surface area contributed by atoms with E-state index in [1.807, 2.05) is 58.5 Å². The highest BCUT2D eigenvalue weighted by molar-refractivity contribution is 6.01. The van der Waals surface area contributed by atoms with E-state index in [4.69, 9.17) is 28.4 Å². The van der Waals surface area contributed by atoms with Crippen LogP contribution in [0.4, 0.5) is 4.39 Å². The molecule has 6 fully saturated rings. The number of likely N-dealkylation sites (N-methyl/N-ethyl adjacent to an activating group) is 1. The molecule has 0 aromatic heterocycles. The van der Waals surface area contributed by atoms with E-state index in [0.717, 1.165) is 0 Å². The molecule has 3 saturated heterocycles. The number of ether oxygens (including phenoxy) is 6. The number of allylic oxidation sites excluding steroid dienone is 4. The minimum Gasteiger partial charge on any atom is -0.459 e. The largest absolute Gasteiger partial charge is 0.459 e. The number of ketones is 1. The first-order valence-corrected chi connectivity index (χ1v) is 30.1. The van der Waals surface area contributed by atoms with E-state index < -0.39 is 142 Å². The molecule has 3 saturated carbocycles. The van der Waals surface area contributed by atoms with Crippen molar-refractivity contribution in [3.63, 3.8) is 0 Å². The Balaban J connectivity index is 1.16. The van der Waals surface area contributed by atoms with Gasteiger partial charge in [0.2, 0.25) is 0 Å².